The Kier molecular flexibility index (Phi) is 5.78. The Bertz CT molecular complexity index is 901. The lowest BCUT2D eigenvalue weighted by molar-refractivity contribution is 0.0945. The molecule has 0 saturated carbocycles. The molecule has 0 bridgehead atoms. The van der Waals surface area contributed by atoms with Gasteiger partial charge in [-0.05, 0) is 42.0 Å². The van der Waals surface area contributed by atoms with Crippen LogP contribution in [0.15, 0.2) is 54.9 Å². The highest BCUT2D eigenvalue weighted by Crippen LogP contribution is 2.30. The molecule has 0 saturated heterocycles. The molecular formula is C19H19N5O3. The predicted octanol–water partition coefficient (Wildman–Crippen LogP) is 2.56. The lowest BCUT2D eigenvalue weighted by atomic mass is 10.2. The van der Waals surface area contributed by atoms with Gasteiger partial charge in [0, 0.05) is 25.0 Å². The molecule has 2 heterocycles. The Hall–Kier alpha value is -3.68. The van der Waals surface area contributed by atoms with Gasteiger partial charge in [0.25, 0.3) is 5.91 Å². The normalized spacial score (nSPS) is 10.1. The fourth-order valence-electron chi connectivity index (χ4n) is 2.34. The van der Waals surface area contributed by atoms with Gasteiger partial charge >= 0.3 is 0 Å². The Balaban J connectivity index is 1.66. The second kappa shape index (κ2) is 8.61. The highest BCUT2D eigenvalue weighted by atomic mass is 16.5. The Labute approximate surface area is 156 Å². The maximum absolute atomic E-state index is 12.2. The van der Waals surface area contributed by atoms with Crippen LogP contribution < -0.4 is 20.1 Å². The van der Waals surface area contributed by atoms with Gasteiger partial charge < -0.3 is 20.1 Å². The van der Waals surface area contributed by atoms with Crippen LogP contribution in [0.25, 0.3) is 0 Å². The van der Waals surface area contributed by atoms with Crippen molar-refractivity contribution in [3.8, 4) is 11.5 Å². The summed E-state index contributed by atoms with van der Waals surface area (Å²) in [5.74, 6) is 1.49. The third kappa shape index (κ3) is 4.69. The molecular weight excluding hydrogens is 346 g/mol. The molecule has 1 aromatic carbocycles. The molecule has 0 aliphatic heterocycles. The minimum absolute atomic E-state index is 0.229. The largest absolute Gasteiger partial charge is 0.497 e. The number of hydrogen-bond acceptors (Lipinski definition) is 7. The van der Waals surface area contributed by atoms with E-state index < -0.39 is 0 Å². The molecule has 0 aliphatic rings. The second-order valence-electron chi connectivity index (χ2n) is 5.53. The number of nitrogens with zero attached hydrogens (tertiary/aromatic N) is 3. The van der Waals surface area contributed by atoms with Crippen LogP contribution >= 0.6 is 0 Å². The number of hydrogen-bond donors (Lipinski definition) is 2. The molecule has 3 aromatic rings. The SMILES string of the molecule is COc1ccc(OC)c(Nc2ccc(C(=O)NCc3ccncc3)nn2)c1. The number of ether oxygens (including phenoxy) is 2. The van der Waals surface area contributed by atoms with E-state index in [9.17, 15) is 4.79 Å². The highest BCUT2D eigenvalue weighted by molar-refractivity contribution is 5.92. The number of benzene rings is 1. The van der Waals surface area contributed by atoms with Crippen molar-refractivity contribution in [3.63, 3.8) is 0 Å². The monoisotopic (exact) mass is 365 g/mol. The van der Waals surface area contributed by atoms with Crippen molar-refractivity contribution in [1.82, 2.24) is 20.5 Å². The number of carbonyl (C=O) groups excluding carboxylic acids is 1. The van der Waals surface area contributed by atoms with Crippen molar-refractivity contribution in [2.45, 2.75) is 6.54 Å². The number of anilines is 2. The number of aromatic nitrogens is 3. The number of pyridine rings is 1. The van der Waals surface area contributed by atoms with Crippen molar-refractivity contribution < 1.29 is 14.3 Å². The van der Waals surface area contributed by atoms with Crippen molar-refractivity contribution >= 4 is 17.4 Å². The standard InChI is InChI=1S/C19H19N5O3/c1-26-14-3-5-17(27-2)16(11-14)22-18-6-4-15(23-24-18)19(25)21-12-13-7-9-20-10-8-13/h3-11H,12H2,1-2H3,(H,21,25)(H,22,24). The van der Waals surface area contributed by atoms with E-state index in [0.717, 1.165) is 5.56 Å². The van der Waals surface area contributed by atoms with E-state index in [-0.39, 0.29) is 11.6 Å². The average molecular weight is 365 g/mol. The van der Waals surface area contributed by atoms with Crippen molar-refractivity contribution in [2.24, 2.45) is 0 Å². The molecule has 3 rings (SSSR count). The number of amides is 1. The van der Waals surface area contributed by atoms with E-state index in [1.807, 2.05) is 12.1 Å². The van der Waals surface area contributed by atoms with E-state index in [1.165, 1.54) is 0 Å². The first-order chi connectivity index (χ1) is 13.2. The van der Waals surface area contributed by atoms with E-state index >= 15 is 0 Å². The molecule has 0 aliphatic carbocycles. The molecule has 2 aromatic heterocycles. The summed E-state index contributed by atoms with van der Waals surface area (Å²) in [5.41, 5.74) is 1.86. The van der Waals surface area contributed by atoms with Gasteiger partial charge in [0.15, 0.2) is 11.5 Å². The fourth-order valence-corrected chi connectivity index (χ4v) is 2.34. The van der Waals surface area contributed by atoms with Gasteiger partial charge in [-0.25, -0.2) is 0 Å². The average Bonchev–Trinajstić information content (AvgIpc) is 2.73. The second-order valence-corrected chi connectivity index (χ2v) is 5.53. The van der Waals surface area contributed by atoms with Gasteiger partial charge in [-0.2, -0.15) is 0 Å². The number of carbonyl (C=O) groups is 1. The summed E-state index contributed by atoms with van der Waals surface area (Å²) in [7, 11) is 3.17. The first-order valence-electron chi connectivity index (χ1n) is 8.19. The van der Waals surface area contributed by atoms with Crippen LogP contribution in [0.1, 0.15) is 16.1 Å². The van der Waals surface area contributed by atoms with Gasteiger partial charge in [0.05, 0.1) is 19.9 Å². The summed E-state index contributed by atoms with van der Waals surface area (Å²) in [5, 5.41) is 13.9. The molecule has 27 heavy (non-hydrogen) atoms. The molecule has 0 spiro atoms. The first kappa shape index (κ1) is 18.1. The third-order valence-electron chi connectivity index (χ3n) is 3.77. The molecule has 0 unspecified atom stereocenters. The molecule has 0 atom stereocenters. The van der Waals surface area contributed by atoms with Gasteiger partial charge in [-0.1, -0.05) is 0 Å². The third-order valence-corrected chi connectivity index (χ3v) is 3.77. The minimum Gasteiger partial charge on any atom is -0.497 e. The topological polar surface area (TPSA) is 98.3 Å². The zero-order valence-electron chi connectivity index (χ0n) is 15.0. The summed E-state index contributed by atoms with van der Waals surface area (Å²) in [6.45, 7) is 0.393. The Morgan fingerprint density at radius 3 is 2.48 bits per heavy atom. The Morgan fingerprint density at radius 2 is 1.81 bits per heavy atom. The van der Waals surface area contributed by atoms with Gasteiger partial charge in [0.2, 0.25) is 0 Å². The summed E-state index contributed by atoms with van der Waals surface area (Å²) < 4.78 is 10.5. The molecule has 0 fully saturated rings. The highest BCUT2D eigenvalue weighted by Gasteiger charge is 2.10. The van der Waals surface area contributed by atoms with Gasteiger partial charge in [0.1, 0.15) is 11.5 Å². The van der Waals surface area contributed by atoms with Crippen molar-refractivity contribution in [3.05, 3.63) is 66.1 Å². The molecule has 0 radical (unpaired) electrons. The quantitative estimate of drug-likeness (QED) is 0.664. The van der Waals surface area contributed by atoms with Gasteiger partial charge in [-0.3, -0.25) is 9.78 Å². The lowest BCUT2D eigenvalue weighted by Crippen LogP contribution is -2.24. The molecule has 1 amide bonds. The van der Waals surface area contributed by atoms with Crippen LogP contribution in [0, 0.1) is 0 Å². The summed E-state index contributed by atoms with van der Waals surface area (Å²) in [6, 6.07) is 12.3. The zero-order chi connectivity index (χ0) is 19.1. The molecule has 2 N–H and O–H groups in total. The van der Waals surface area contributed by atoms with Crippen LogP contribution in [-0.2, 0) is 6.54 Å². The van der Waals surface area contributed by atoms with E-state index in [4.69, 9.17) is 9.47 Å². The van der Waals surface area contributed by atoms with Crippen LogP contribution in [0.5, 0.6) is 11.5 Å². The predicted molar refractivity (Wildman–Crippen MR) is 100 cm³/mol. The van der Waals surface area contributed by atoms with E-state index in [1.54, 1.807) is 56.9 Å². The summed E-state index contributed by atoms with van der Waals surface area (Å²) in [6.07, 6.45) is 3.35. The number of rotatable bonds is 7. The number of methoxy groups -OCH3 is 2. The molecule has 8 nitrogen and oxygen atoms in total. The fraction of sp³-hybridized carbons (Fsp3) is 0.158. The smallest absolute Gasteiger partial charge is 0.272 e. The van der Waals surface area contributed by atoms with Crippen LogP contribution in [0.3, 0.4) is 0 Å². The molecule has 138 valence electrons. The summed E-state index contributed by atoms with van der Waals surface area (Å²) >= 11 is 0. The number of nitrogens with one attached hydrogen (secondary N) is 2. The van der Waals surface area contributed by atoms with Gasteiger partial charge in [-0.15, -0.1) is 10.2 Å². The van der Waals surface area contributed by atoms with E-state index in [0.29, 0.717) is 29.5 Å². The Morgan fingerprint density at radius 1 is 1.00 bits per heavy atom. The van der Waals surface area contributed by atoms with Crippen molar-refractivity contribution in [2.75, 3.05) is 19.5 Å². The summed E-state index contributed by atoms with van der Waals surface area (Å²) in [4.78, 5) is 16.1. The minimum atomic E-state index is -0.301. The zero-order valence-corrected chi connectivity index (χ0v) is 15.0. The van der Waals surface area contributed by atoms with Crippen LogP contribution in [0.2, 0.25) is 0 Å². The van der Waals surface area contributed by atoms with Crippen molar-refractivity contribution in [1.29, 1.82) is 0 Å². The van der Waals surface area contributed by atoms with Crippen LogP contribution in [0.4, 0.5) is 11.5 Å². The maximum atomic E-state index is 12.2. The van der Waals surface area contributed by atoms with Crippen LogP contribution in [-0.4, -0.2) is 35.3 Å². The lowest BCUT2D eigenvalue weighted by Gasteiger charge is -2.12. The van der Waals surface area contributed by atoms with E-state index in [2.05, 4.69) is 25.8 Å². The first-order valence-corrected chi connectivity index (χ1v) is 8.19. The maximum Gasteiger partial charge on any atom is 0.272 e. The molecule has 8 heteroatoms.